The lowest BCUT2D eigenvalue weighted by atomic mass is 10.0. The van der Waals surface area contributed by atoms with Gasteiger partial charge in [0.15, 0.2) is 0 Å². The van der Waals surface area contributed by atoms with Gasteiger partial charge in [-0.25, -0.2) is 9.97 Å². The van der Waals surface area contributed by atoms with Gasteiger partial charge in [0.05, 0.1) is 10.6 Å². The molecule has 2 aliphatic heterocycles. The molecule has 148 valence electrons. The molecule has 0 aromatic carbocycles. The van der Waals surface area contributed by atoms with Gasteiger partial charge in [-0.1, -0.05) is 17.7 Å². The van der Waals surface area contributed by atoms with Gasteiger partial charge in [-0.3, -0.25) is 4.79 Å². The van der Waals surface area contributed by atoms with Crippen molar-refractivity contribution in [2.75, 3.05) is 36.4 Å². The summed E-state index contributed by atoms with van der Waals surface area (Å²) in [6, 6.07) is 8.06. The number of halogens is 1. The zero-order valence-electron chi connectivity index (χ0n) is 16.0. The summed E-state index contributed by atoms with van der Waals surface area (Å²) in [5.74, 6) is 1.72. The smallest absolute Gasteiger partial charge is 0.255 e. The number of hydrogen-bond donors (Lipinski definition) is 1. The monoisotopic (exact) mass is 399 g/mol. The molecule has 2 aromatic heterocycles. The van der Waals surface area contributed by atoms with Gasteiger partial charge in [0.1, 0.15) is 11.6 Å². The Morgan fingerprint density at radius 2 is 1.86 bits per heavy atom. The first-order valence-electron chi connectivity index (χ1n) is 10.1. The SMILES string of the molecule is O=C(c1cnc(NC2CCN(c3ccccn3)CC2)c(Cl)c1)N1CCCCC1. The van der Waals surface area contributed by atoms with E-state index in [1.54, 1.807) is 12.3 Å². The van der Waals surface area contributed by atoms with E-state index < -0.39 is 0 Å². The summed E-state index contributed by atoms with van der Waals surface area (Å²) in [4.78, 5) is 25.7. The van der Waals surface area contributed by atoms with Crippen LogP contribution in [0.2, 0.25) is 5.02 Å². The number of aromatic nitrogens is 2. The standard InChI is InChI=1S/C21H26ClN5O/c22-18-14-16(21(28)27-10-4-1-5-11-27)15-24-20(18)25-17-7-12-26(13-8-17)19-6-2-3-9-23-19/h2-3,6,9,14-15,17H,1,4-5,7-8,10-13H2,(H,24,25). The quantitative estimate of drug-likeness (QED) is 0.846. The Hall–Kier alpha value is -2.34. The molecule has 4 heterocycles. The molecule has 2 fully saturated rings. The molecule has 2 aromatic rings. The van der Waals surface area contributed by atoms with Gasteiger partial charge in [0.2, 0.25) is 0 Å². The van der Waals surface area contributed by atoms with Gasteiger partial charge in [-0.15, -0.1) is 0 Å². The summed E-state index contributed by atoms with van der Waals surface area (Å²) in [5.41, 5.74) is 0.572. The third-order valence-electron chi connectivity index (χ3n) is 5.54. The van der Waals surface area contributed by atoms with Crippen LogP contribution in [0.15, 0.2) is 36.7 Å². The number of hydrogen-bond acceptors (Lipinski definition) is 5. The summed E-state index contributed by atoms with van der Waals surface area (Å²) in [6.45, 7) is 3.53. The number of pyridine rings is 2. The first kappa shape index (κ1) is 19.0. The Balaban J connectivity index is 1.34. The second kappa shape index (κ2) is 8.78. The lowest BCUT2D eigenvalue weighted by Crippen LogP contribution is -2.39. The van der Waals surface area contributed by atoms with Crippen LogP contribution in [0.25, 0.3) is 0 Å². The highest BCUT2D eigenvalue weighted by Gasteiger charge is 2.22. The van der Waals surface area contributed by atoms with Crippen LogP contribution in [-0.4, -0.2) is 53.0 Å². The topological polar surface area (TPSA) is 61.4 Å². The van der Waals surface area contributed by atoms with Crippen LogP contribution in [0.5, 0.6) is 0 Å². The number of piperidine rings is 2. The van der Waals surface area contributed by atoms with E-state index in [9.17, 15) is 4.79 Å². The highest BCUT2D eigenvalue weighted by Crippen LogP contribution is 2.25. The zero-order chi connectivity index (χ0) is 19.3. The molecule has 2 aliphatic rings. The summed E-state index contributed by atoms with van der Waals surface area (Å²) >= 11 is 6.44. The highest BCUT2D eigenvalue weighted by atomic mass is 35.5. The van der Waals surface area contributed by atoms with Gasteiger partial charge in [-0.05, 0) is 50.3 Å². The predicted molar refractivity (Wildman–Crippen MR) is 112 cm³/mol. The van der Waals surface area contributed by atoms with E-state index in [2.05, 4.69) is 20.2 Å². The van der Waals surface area contributed by atoms with Crippen molar-refractivity contribution < 1.29 is 4.79 Å². The summed E-state index contributed by atoms with van der Waals surface area (Å²) in [6.07, 6.45) is 8.80. The molecule has 0 saturated carbocycles. The lowest BCUT2D eigenvalue weighted by Gasteiger charge is -2.33. The Morgan fingerprint density at radius 1 is 1.07 bits per heavy atom. The van der Waals surface area contributed by atoms with Gasteiger partial charge < -0.3 is 15.1 Å². The van der Waals surface area contributed by atoms with E-state index in [0.29, 0.717) is 22.4 Å². The molecule has 2 saturated heterocycles. The molecule has 0 radical (unpaired) electrons. The largest absolute Gasteiger partial charge is 0.366 e. The minimum Gasteiger partial charge on any atom is -0.366 e. The average molecular weight is 400 g/mol. The Kier molecular flexibility index (Phi) is 5.95. The fourth-order valence-electron chi connectivity index (χ4n) is 3.93. The number of nitrogens with zero attached hydrogens (tertiary/aromatic N) is 4. The van der Waals surface area contributed by atoms with Gasteiger partial charge in [0, 0.05) is 44.6 Å². The molecule has 1 N–H and O–H groups in total. The summed E-state index contributed by atoms with van der Waals surface area (Å²) in [7, 11) is 0. The van der Waals surface area contributed by atoms with Crippen molar-refractivity contribution in [3.05, 3.63) is 47.2 Å². The van der Waals surface area contributed by atoms with E-state index in [4.69, 9.17) is 11.6 Å². The molecular formula is C21H26ClN5O. The maximum Gasteiger partial charge on any atom is 0.255 e. The maximum atomic E-state index is 12.6. The highest BCUT2D eigenvalue weighted by molar-refractivity contribution is 6.33. The molecule has 28 heavy (non-hydrogen) atoms. The number of carbonyl (C=O) groups is 1. The van der Waals surface area contributed by atoms with Crippen LogP contribution in [0.4, 0.5) is 11.6 Å². The fraction of sp³-hybridized carbons (Fsp3) is 0.476. The minimum absolute atomic E-state index is 0.0318. The van der Waals surface area contributed by atoms with Crippen LogP contribution < -0.4 is 10.2 Å². The number of rotatable bonds is 4. The molecule has 1 amide bonds. The molecule has 0 bridgehead atoms. The van der Waals surface area contributed by atoms with Crippen molar-refractivity contribution in [3.8, 4) is 0 Å². The first-order valence-corrected chi connectivity index (χ1v) is 10.5. The van der Waals surface area contributed by atoms with Crippen molar-refractivity contribution in [1.29, 1.82) is 0 Å². The summed E-state index contributed by atoms with van der Waals surface area (Å²) in [5, 5.41) is 3.96. The Labute approximate surface area is 170 Å². The minimum atomic E-state index is 0.0318. The van der Waals surface area contributed by atoms with Crippen molar-refractivity contribution >= 4 is 29.1 Å². The number of amides is 1. The number of likely N-dealkylation sites (tertiary alicyclic amines) is 1. The Bertz CT molecular complexity index is 802. The van der Waals surface area contributed by atoms with Crippen molar-refractivity contribution in [2.24, 2.45) is 0 Å². The van der Waals surface area contributed by atoms with E-state index in [-0.39, 0.29) is 5.91 Å². The van der Waals surface area contributed by atoms with Crippen LogP contribution in [0, 0.1) is 0 Å². The van der Waals surface area contributed by atoms with Crippen molar-refractivity contribution in [3.63, 3.8) is 0 Å². The van der Waals surface area contributed by atoms with E-state index in [1.165, 1.54) is 6.42 Å². The van der Waals surface area contributed by atoms with Gasteiger partial charge in [-0.2, -0.15) is 0 Å². The lowest BCUT2D eigenvalue weighted by molar-refractivity contribution is 0.0724. The van der Waals surface area contributed by atoms with Crippen LogP contribution >= 0.6 is 11.6 Å². The van der Waals surface area contributed by atoms with E-state index >= 15 is 0 Å². The average Bonchev–Trinajstić information content (AvgIpc) is 2.76. The van der Waals surface area contributed by atoms with Gasteiger partial charge in [0.25, 0.3) is 5.91 Å². The number of nitrogens with one attached hydrogen (secondary N) is 1. The maximum absolute atomic E-state index is 12.6. The predicted octanol–water partition coefficient (Wildman–Crippen LogP) is 3.84. The second-order valence-corrected chi connectivity index (χ2v) is 7.91. The normalized spacial score (nSPS) is 18.2. The zero-order valence-corrected chi connectivity index (χ0v) is 16.7. The molecule has 7 heteroatoms. The molecule has 0 atom stereocenters. The molecular weight excluding hydrogens is 374 g/mol. The third-order valence-corrected chi connectivity index (χ3v) is 5.83. The summed E-state index contributed by atoms with van der Waals surface area (Å²) < 4.78 is 0. The fourth-order valence-corrected chi connectivity index (χ4v) is 4.15. The molecule has 0 unspecified atom stereocenters. The Morgan fingerprint density at radius 3 is 2.54 bits per heavy atom. The van der Waals surface area contributed by atoms with E-state index in [0.717, 1.165) is 57.7 Å². The van der Waals surface area contributed by atoms with Crippen LogP contribution in [0.3, 0.4) is 0 Å². The van der Waals surface area contributed by atoms with E-state index in [1.807, 2.05) is 29.3 Å². The number of anilines is 2. The van der Waals surface area contributed by atoms with Crippen molar-refractivity contribution in [1.82, 2.24) is 14.9 Å². The van der Waals surface area contributed by atoms with Crippen LogP contribution in [0.1, 0.15) is 42.5 Å². The molecule has 4 rings (SSSR count). The molecule has 0 aliphatic carbocycles. The second-order valence-electron chi connectivity index (χ2n) is 7.50. The molecule has 6 nitrogen and oxygen atoms in total. The number of carbonyl (C=O) groups excluding carboxylic acids is 1. The molecule has 0 spiro atoms. The van der Waals surface area contributed by atoms with Crippen LogP contribution in [-0.2, 0) is 0 Å². The van der Waals surface area contributed by atoms with Gasteiger partial charge >= 0.3 is 0 Å². The third kappa shape index (κ3) is 4.38. The van der Waals surface area contributed by atoms with Crippen molar-refractivity contribution in [2.45, 2.75) is 38.1 Å². The first-order chi connectivity index (χ1) is 13.7.